The van der Waals surface area contributed by atoms with E-state index in [0.29, 0.717) is 30.9 Å². The second kappa shape index (κ2) is 6.55. The van der Waals surface area contributed by atoms with Gasteiger partial charge in [-0.1, -0.05) is 0 Å². The normalized spacial score (nSPS) is 15.3. The van der Waals surface area contributed by atoms with Gasteiger partial charge in [-0.05, 0) is 13.8 Å². The first kappa shape index (κ1) is 15.3. The summed E-state index contributed by atoms with van der Waals surface area (Å²) in [6.45, 7) is 7.49. The van der Waals surface area contributed by atoms with Crippen molar-refractivity contribution in [2.45, 2.75) is 13.8 Å². The highest BCUT2D eigenvalue weighted by molar-refractivity contribution is 5.82. The fraction of sp³-hybridized carbons (Fsp3) is 0.692. The molecule has 0 aliphatic carbocycles. The number of amides is 1. The van der Waals surface area contributed by atoms with Crippen LogP contribution in [0.2, 0.25) is 0 Å². The molecule has 8 nitrogen and oxygen atoms in total. The zero-order valence-corrected chi connectivity index (χ0v) is 13.1. The SMILES string of the molecule is CCN(CC)c1nc(NC)nc(N2CCN(C)C(=O)C2)n1. The molecule has 1 aliphatic rings. The van der Waals surface area contributed by atoms with Crippen LogP contribution < -0.4 is 15.1 Å². The molecule has 0 bridgehead atoms. The molecule has 21 heavy (non-hydrogen) atoms. The van der Waals surface area contributed by atoms with Gasteiger partial charge >= 0.3 is 0 Å². The number of carbonyl (C=O) groups is 1. The Morgan fingerprint density at radius 3 is 2.48 bits per heavy atom. The van der Waals surface area contributed by atoms with Crippen LogP contribution in [0.15, 0.2) is 0 Å². The molecule has 0 saturated carbocycles. The topological polar surface area (TPSA) is 77.5 Å². The molecule has 1 aliphatic heterocycles. The van der Waals surface area contributed by atoms with Crippen molar-refractivity contribution in [1.29, 1.82) is 0 Å². The highest BCUT2D eigenvalue weighted by Gasteiger charge is 2.24. The molecule has 0 unspecified atom stereocenters. The van der Waals surface area contributed by atoms with Crippen molar-refractivity contribution in [3.63, 3.8) is 0 Å². The van der Waals surface area contributed by atoms with Crippen molar-refractivity contribution in [1.82, 2.24) is 19.9 Å². The number of hydrogen-bond acceptors (Lipinski definition) is 7. The van der Waals surface area contributed by atoms with Gasteiger partial charge < -0.3 is 20.0 Å². The van der Waals surface area contributed by atoms with Crippen LogP contribution in [-0.2, 0) is 4.79 Å². The van der Waals surface area contributed by atoms with Crippen LogP contribution in [0.4, 0.5) is 17.8 Å². The molecule has 1 aromatic heterocycles. The summed E-state index contributed by atoms with van der Waals surface area (Å²) in [6, 6.07) is 0. The van der Waals surface area contributed by atoms with Gasteiger partial charge in [-0.15, -0.1) is 0 Å². The van der Waals surface area contributed by atoms with Crippen LogP contribution in [0.5, 0.6) is 0 Å². The highest BCUT2D eigenvalue weighted by Crippen LogP contribution is 2.17. The lowest BCUT2D eigenvalue weighted by Gasteiger charge is -2.32. The number of nitrogens with one attached hydrogen (secondary N) is 1. The number of carbonyl (C=O) groups excluding carboxylic acids is 1. The standard InChI is InChI=1S/C13H23N7O/c1-5-19(6-2)12-15-11(14-3)16-13(17-12)20-8-7-18(4)10(21)9-20/h5-9H2,1-4H3,(H,14,15,16,17). The van der Waals surface area contributed by atoms with E-state index in [1.165, 1.54) is 0 Å². The second-order valence-electron chi connectivity index (χ2n) is 4.92. The van der Waals surface area contributed by atoms with Gasteiger partial charge in [0.2, 0.25) is 23.8 Å². The monoisotopic (exact) mass is 293 g/mol. The lowest BCUT2D eigenvalue weighted by atomic mass is 10.3. The van der Waals surface area contributed by atoms with Gasteiger partial charge in [-0.3, -0.25) is 4.79 Å². The maximum Gasteiger partial charge on any atom is 0.242 e. The van der Waals surface area contributed by atoms with Crippen molar-refractivity contribution in [3.05, 3.63) is 0 Å². The molecule has 1 fully saturated rings. The molecule has 1 saturated heterocycles. The van der Waals surface area contributed by atoms with Crippen LogP contribution in [0.1, 0.15) is 13.8 Å². The quantitative estimate of drug-likeness (QED) is 0.821. The van der Waals surface area contributed by atoms with E-state index in [2.05, 4.69) is 39.0 Å². The van der Waals surface area contributed by atoms with Crippen molar-refractivity contribution in [2.75, 3.05) is 61.9 Å². The summed E-state index contributed by atoms with van der Waals surface area (Å²) in [5.41, 5.74) is 0. The largest absolute Gasteiger partial charge is 0.357 e. The summed E-state index contributed by atoms with van der Waals surface area (Å²) in [7, 11) is 3.59. The Bertz CT molecular complexity index is 503. The molecule has 1 aromatic rings. The van der Waals surface area contributed by atoms with Crippen molar-refractivity contribution < 1.29 is 4.79 Å². The predicted octanol–water partition coefficient (Wildman–Crippen LogP) is 0.0379. The average molecular weight is 293 g/mol. The van der Waals surface area contributed by atoms with E-state index in [0.717, 1.165) is 19.6 Å². The summed E-state index contributed by atoms with van der Waals surface area (Å²) in [6.07, 6.45) is 0. The minimum Gasteiger partial charge on any atom is -0.357 e. The molecule has 0 spiro atoms. The Labute approximate surface area is 125 Å². The third kappa shape index (κ3) is 3.32. The zero-order valence-electron chi connectivity index (χ0n) is 13.1. The molecule has 116 valence electrons. The highest BCUT2D eigenvalue weighted by atomic mass is 16.2. The Balaban J connectivity index is 2.30. The average Bonchev–Trinajstić information content (AvgIpc) is 2.51. The van der Waals surface area contributed by atoms with Crippen LogP contribution in [0.25, 0.3) is 0 Å². The molecule has 2 rings (SSSR count). The van der Waals surface area contributed by atoms with Crippen molar-refractivity contribution in [3.8, 4) is 0 Å². The Morgan fingerprint density at radius 2 is 1.90 bits per heavy atom. The van der Waals surface area contributed by atoms with E-state index < -0.39 is 0 Å². The summed E-state index contributed by atoms with van der Waals surface area (Å²) in [4.78, 5) is 30.8. The Hall–Kier alpha value is -2.12. The Kier molecular flexibility index (Phi) is 4.77. The van der Waals surface area contributed by atoms with Gasteiger partial charge in [0.15, 0.2) is 0 Å². The van der Waals surface area contributed by atoms with Crippen LogP contribution in [0, 0.1) is 0 Å². The molecule has 0 radical (unpaired) electrons. The first-order valence-electron chi connectivity index (χ1n) is 7.26. The predicted molar refractivity (Wildman–Crippen MR) is 82.8 cm³/mol. The summed E-state index contributed by atoms with van der Waals surface area (Å²) >= 11 is 0. The fourth-order valence-electron chi connectivity index (χ4n) is 2.18. The van der Waals surface area contributed by atoms with Gasteiger partial charge in [-0.2, -0.15) is 15.0 Å². The number of rotatable bonds is 5. The van der Waals surface area contributed by atoms with E-state index in [4.69, 9.17) is 0 Å². The second-order valence-corrected chi connectivity index (χ2v) is 4.92. The number of nitrogens with zero attached hydrogens (tertiary/aromatic N) is 6. The Morgan fingerprint density at radius 1 is 1.19 bits per heavy atom. The van der Waals surface area contributed by atoms with E-state index in [1.807, 2.05) is 11.9 Å². The maximum absolute atomic E-state index is 11.9. The van der Waals surface area contributed by atoms with E-state index in [1.54, 1.807) is 11.9 Å². The van der Waals surface area contributed by atoms with E-state index in [9.17, 15) is 4.79 Å². The first-order chi connectivity index (χ1) is 10.1. The van der Waals surface area contributed by atoms with Crippen LogP contribution in [0.3, 0.4) is 0 Å². The molecular formula is C13H23N7O. The summed E-state index contributed by atoms with van der Waals surface area (Å²) in [5, 5.41) is 2.96. The zero-order chi connectivity index (χ0) is 15.4. The lowest BCUT2D eigenvalue weighted by Crippen LogP contribution is -2.49. The van der Waals surface area contributed by atoms with Crippen LogP contribution in [-0.4, -0.2) is 72.6 Å². The first-order valence-corrected chi connectivity index (χ1v) is 7.26. The molecule has 0 atom stereocenters. The number of anilines is 3. The maximum atomic E-state index is 11.9. The third-order valence-electron chi connectivity index (χ3n) is 3.62. The molecular weight excluding hydrogens is 270 g/mol. The summed E-state index contributed by atoms with van der Waals surface area (Å²) < 4.78 is 0. The fourth-order valence-corrected chi connectivity index (χ4v) is 2.18. The van der Waals surface area contributed by atoms with Crippen LogP contribution >= 0.6 is 0 Å². The third-order valence-corrected chi connectivity index (χ3v) is 3.62. The summed E-state index contributed by atoms with van der Waals surface area (Å²) in [5.74, 6) is 1.80. The van der Waals surface area contributed by atoms with Gasteiger partial charge in [0, 0.05) is 40.3 Å². The molecule has 1 amide bonds. The minimum absolute atomic E-state index is 0.0806. The van der Waals surface area contributed by atoms with Crippen molar-refractivity contribution in [2.24, 2.45) is 0 Å². The van der Waals surface area contributed by atoms with Crippen molar-refractivity contribution >= 4 is 23.8 Å². The molecule has 0 aromatic carbocycles. The van der Waals surface area contributed by atoms with Gasteiger partial charge in [0.25, 0.3) is 0 Å². The van der Waals surface area contributed by atoms with E-state index >= 15 is 0 Å². The number of likely N-dealkylation sites (N-methyl/N-ethyl adjacent to an activating group) is 1. The number of aromatic nitrogens is 3. The number of hydrogen-bond donors (Lipinski definition) is 1. The minimum atomic E-state index is 0.0806. The molecule has 1 N–H and O–H groups in total. The van der Waals surface area contributed by atoms with E-state index in [-0.39, 0.29) is 5.91 Å². The molecule has 8 heteroatoms. The molecule has 2 heterocycles. The van der Waals surface area contributed by atoms with Gasteiger partial charge in [0.05, 0.1) is 6.54 Å². The lowest BCUT2D eigenvalue weighted by molar-refractivity contribution is -0.129. The smallest absolute Gasteiger partial charge is 0.242 e. The van der Waals surface area contributed by atoms with Gasteiger partial charge in [-0.25, -0.2) is 0 Å². The number of piperazine rings is 1. The van der Waals surface area contributed by atoms with Gasteiger partial charge in [0.1, 0.15) is 0 Å².